The zero-order valence-corrected chi connectivity index (χ0v) is 12.9. The van der Waals surface area contributed by atoms with Gasteiger partial charge in [-0.1, -0.05) is 22.0 Å². The third kappa shape index (κ3) is 2.54. The molecule has 2 unspecified atom stereocenters. The monoisotopic (exact) mass is 324 g/mol. The molecule has 19 heavy (non-hydrogen) atoms. The van der Waals surface area contributed by atoms with Crippen molar-refractivity contribution in [2.75, 3.05) is 24.5 Å². The molecule has 0 aromatic heterocycles. The molecule has 2 aliphatic heterocycles. The van der Waals surface area contributed by atoms with Gasteiger partial charge in [0, 0.05) is 40.9 Å². The van der Waals surface area contributed by atoms with Gasteiger partial charge in [0.15, 0.2) is 0 Å². The molecule has 2 saturated heterocycles. The van der Waals surface area contributed by atoms with Crippen LogP contribution in [-0.4, -0.2) is 41.7 Å². The molecule has 2 atom stereocenters. The molecule has 1 aromatic rings. The Kier molecular flexibility index (Phi) is 3.83. The van der Waals surface area contributed by atoms with E-state index in [0.29, 0.717) is 12.1 Å². The lowest BCUT2D eigenvalue weighted by Crippen LogP contribution is -2.55. The maximum absolute atomic E-state index is 9.56. The molecule has 0 amide bonds. The third-order valence-electron chi connectivity index (χ3n) is 4.46. The summed E-state index contributed by atoms with van der Waals surface area (Å²) in [5.74, 6) is 0. The Hall–Kier alpha value is -0.580. The minimum absolute atomic E-state index is 0.111. The highest BCUT2D eigenvalue weighted by molar-refractivity contribution is 9.10. The third-order valence-corrected chi connectivity index (χ3v) is 4.96. The van der Waals surface area contributed by atoms with Crippen LogP contribution in [-0.2, 0) is 6.61 Å². The molecule has 2 fully saturated rings. The summed E-state index contributed by atoms with van der Waals surface area (Å²) in [4.78, 5) is 5.10. The summed E-state index contributed by atoms with van der Waals surface area (Å²) < 4.78 is 1.08. The van der Waals surface area contributed by atoms with E-state index in [1.54, 1.807) is 0 Å². The molecular weight excluding hydrogens is 304 g/mol. The highest BCUT2D eigenvalue weighted by Crippen LogP contribution is 2.32. The van der Waals surface area contributed by atoms with Crippen LogP contribution in [0.3, 0.4) is 0 Å². The average molecular weight is 325 g/mol. The number of hydrogen-bond acceptors (Lipinski definition) is 3. The SMILES string of the molecule is CC1CN2CCCC2CN1c1cc(Br)ccc1CO. The molecule has 0 aliphatic carbocycles. The van der Waals surface area contributed by atoms with Crippen LogP contribution in [0.25, 0.3) is 0 Å². The predicted octanol–water partition coefficient (Wildman–Crippen LogP) is 2.61. The molecule has 0 radical (unpaired) electrons. The molecule has 4 heteroatoms. The second kappa shape index (κ2) is 5.43. The van der Waals surface area contributed by atoms with Crippen molar-refractivity contribution in [2.45, 2.75) is 38.5 Å². The second-order valence-electron chi connectivity index (χ2n) is 5.72. The largest absolute Gasteiger partial charge is 0.392 e. The van der Waals surface area contributed by atoms with Crippen molar-refractivity contribution in [2.24, 2.45) is 0 Å². The molecule has 2 heterocycles. The Morgan fingerprint density at radius 3 is 3.00 bits per heavy atom. The lowest BCUT2D eigenvalue weighted by atomic mass is 10.0. The maximum Gasteiger partial charge on any atom is 0.0702 e. The number of hydrogen-bond donors (Lipinski definition) is 1. The predicted molar refractivity (Wildman–Crippen MR) is 81.5 cm³/mol. The second-order valence-corrected chi connectivity index (χ2v) is 6.64. The van der Waals surface area contributed by atoms with E-state index in [1.165, 1.54) is 25.1 Å². The first-order valence-corrected chi connectivity index (χ1v) is 7.88. The molecule has 0 spiro atoms. The molecule has 3 nitrogen and oxygen atoms in total. The van der Waals surface area contributed by atoms with Crippen molar-refractivity contribution in [3.05, 3.63) is 28.2 Å². The van der Waals surface area contributed by atoms with Crippen molar-refractivity contribution in [3.8, 4) is 0 Å². The van der Waals surface area contributed by atoms with Crippen molar-refractivity contribution in [1.82, 2.24) is 4.90 Å². The number of rotatable bonds is 2. The average Bonchev–Trinajstić information content (AvgIpc) is 2.84. The minimum atomic E-state index is 0.111. The zero-order chi connectivity index (χ0) is 13.4. The van der Waals surface area contributed by atoms with Gasteiger partial charge in [0.2, 0.25) is 0 Å². The summed E-state index contributed by atoms with van der Waals surface area (Å²) in [7, 11) is 0. The van der Waals surface area contributed by atoms with Gasteiger partial charge >= 0.3 is 0 Å². The van der Waals surface area contributed by atoms with Crippen LogP contribution >= 0.6 is 15.9 Å². The number of aliphatic hydroxyl groups is 1. The molecule has 2 aliphatic rings. The number of halogens is 1. The van der Waals surface area contributed by atoms with E-state index in [-0.39, 0.29) is 6.61 Å². The standard InChI is InChI=1S/C15H21BrN2O/c1-11-8-17-6-2-3-14(17)9-18(11)15-7-13(16)5-4-12(15)10-19/h4-5,7,11,14,19H,2-3,6,8-10H2,1H3. The lowest BCUT2D eigenvalue weighted by Gasteiger charge is -2.44. The first kappa shape index (κ1) is 13.4. The molecule has 1 N–H and O–H groups in total. The van der Waals surface area contributed by atoms with Crippen molar-refractivity contribution >= 4 is 21.6 Å². The quantitative estimate of drug-likeness (QED) is 0.905. The molecule has 3 rings (SSSR count). The van der Waals surface area contributed by atoms with Gasteiger partial charge in [-0.2, -0.15) is 0 Å². The number of anilines is 1. The topological polar surface area (TPSA) is 26.7 Å². The first-order chi connectivity index (χ1) is 9.19. The van der Waals surface area contributed by atoms with Crippen LogP contribution in [0.1, 0.15) is 25.3 Å². The fourth-order valence-electron chi connectivity index (χ4n) is 3.46. The van der Waals surface area contributed by atoms with Gasteiger partial charge < -0.3 is 10.0 Å². The van der Waals surface area contributed by atoms with Gasteiger partial charge in [-0.05, 0) is 38.4 Å². The van der Waals surface area contributed by atoms with E-state index in [4.69, 9.17) is 0 Å². The van der Waals surface area contributed by atoms with E-state index in [0.717, 1.165) is 23.1 Å². The van der Waals surface area contributed by atoms with E-state index in [2.05, 4.69) is 38.7 Å². The summed E-state index contributed by atoms with van der Waals surface area (Å²) in [6.45, 7) is 5.89. The Labute approximate surface area is 123 Å². The molecule has 104 valence electrons. The Morgan fingerprint density at radius 2 is 2.21 bits per heavy atom. The summed E-state index contributed by atoms with van der Waals surface area (Å²) >= 11 is 3.55. The smallest absolute Gasteiger partial charge is 0.0702 e. The van der Waals surface area contributed by atoms with E-state index in [9.17, 15) is 5.11 Å². The summed E-state index contributed by atoms with van der Waals surface area (Å²) in [6.07, 6.45) is 2.64. The fraction of sp³-hybridized carbons (Fsp3) is 0.600. The summed E-state index contributed by atoms with van der Waals surface area (Å²) in [6, 6.07) is 7.38. The first-order valence-electron chi connectivity index (χ1n) is 7.09. The number of nitrogens with zero attached hydrogens (tertiary/aromatic N) is 2. The Balaban J connectivity index is 1.90. The number of aliphatic hydroxyl groups excluding tert-OH is 1. The van der Waals surface area contributed by atoms with Gasteiger partial charge in [0.25, 0.3) is 0 Å². The highest BCUT2D eigenvalue weighted by Gasteiger charge is 2.34. The van der Waals surface area contributed by atoms with Crippen molar-refractivity contribution < 1.29 is 5.11 Å². The van der Waals surface area contributed by atoms with Gasteiger partial charge in [-0.25, -0.2) is 0 Å². The fourth-order valence-corrected chi connectivity index (χ4v) is 3.81. The molecular formula is C15H21BrN2O. The van der Waals surface area contributed by atoms with E-state index >= 15 is 0 Å². The van der Waals surface area contributed by atoms with Gasteiger partial charge in [0.05, 0.1) is 6.61 Å². The van der Waals surface area contributed by atoms with Crippen LogP contribution in [0.2, 0.25) is 0 Å². The Bertz CT molecular complexity index is 465. The summed E-state index contributed by atoms with van der Waals surface area (Å²) in [5.41, 5.74) is 2.22. The number of benzene rings is 1. The van der Waals surface area contributed by atoms with Crippen LogP contribution < -0.4 is 4.90 Å². The zero-order valence-electron chi connectivity index (χ0n) is 11.3. The van der Waals surface area contributed by atoms with Crippen LogP contribution in [0.15, 0.2) is 22.7 Å². The molecule has 1 aromatic carbocycles. The van der Waals surface area contributed by atoms with Crippen LogP contribution in [0.5, 0.6) is 0 Å². The normalized spacial score (nSPS) is 27.6. The van der Waals surface area contributed by atoms with Crippen LogP contribution in [0, 0.1) is 0 Å². The van der Waals surface area contributed by atoms with Gasteiger partial charge in [0.1, 0.15) is 0 Å². The van der Waals surface area contributed by atoms with Crippen molar-refractivity contribution in [3.63, 3.8) is 0 Å². The molecule has 0 bridgehead atoms. The molecule has 0 saturated carbocycles. The number of fused-ring (bicyclic) bond motifs is 1. The van der Waals surface area contributed by atoms with E-state index < -0.39 is 0 Å². The van der Waals surface area contributed by atoms with Gasteiger partial charge in [-0.15, -0.1) is 0 Å². The van der Waals surface area contributed by atoms with Gasteiger partial charge in [-0.3, -0.25) is 4.90 Å². The van der Waals surface area contributed by atoms with E-state index in [1.807, 2.05) is 12.1 Å². The number of piperazine rings is 1. The Morgan fingerprint density at radius 1 is 1.37 bits per heavy atom. The van der Waals surface area contributed by atoms with Crippen molar-refractivity contribution in [1.29, 1.82) is 0 Å². The lowest BCUT2D eigenvalue weighted by molar-refractivity contribution is 0.202. The minimum Gasteiger partial charge on any atom is -0.392 e. The maximum atomic E-state index is 9.56. The highest BCUT2D eigenvalue weighted by atomic mass is 79.9. The van der Waals surface area contributed by atoms with Crippen LogP contribution in [0.4, 0.5) is 5.69 Å². The summed E-state index contributed by atoms with van der Waals surface area (Å²) in [5, 5.41) is 9.56.